The molecule has 0 spiro atoms. The zero-order valence-electron chi connectivity index (χ0n) is 32.3. The van der Waals surface area contributed by atoms with Gasteiger partial charge >= 0.3 is 12.2 Å². The molecular weight excluding hydrogens is 713 g/mol. The Balaban J connectivity index is 1.08. The van der Waals surface area contributed by atoms with Crippen molar-refractivity contribution in [2.24, 2.45) is 5.92 Å². The number of H-pyrrole nitrogens is 2. The zero-order valence-corrected chi connectivity index (χ0v) is 32.3. The monoisotopic (exact) mass is 760 g/mol. The largest absolute Gasteiger partial charge is 0.453 e. The summed E-state index contributed by atoms with van der Waals surface area (Å²) in [5.41, 5.74) is 5.76. The quantitative estimate of drug-likeness (QED) is 0.115. The number of rotatable bonds is 10. The number of aromatic nitrogens is 4. The van der Waals surface area contributed by atoms with Crippen LogP contribution in [0.15, 0.2) is 73.1 Å². The molecule has 2 fully saturated rings. The maximum Gasteiger partial charge on any atom is 0.407 e. The van der Waals surface area contributed by atoms with Crippen LogP contribution in [0.5, 0.6) is 0 Å². The molecule has 0 radical (unpaired) electrons. The van der Waals surface area contributed by atoms with Crippen molar-refractivity contribution < 1.29 is 28.7 Å². The van der Waals surface area contributed by atoms with Gasteiger partial charge in [-0.2, -0.15) is 0 Å². The topological polar surface area (TPSA) is 175 Å². The van der Waals surface area contributed by atoms with Crippen LogP contribution in [0.3, 0.4) is 0 Å². The Hall–Kier alpha value is -6.36. The standard InChI is InChI=1S/C42H48N8O6/c1-25(2)35(47-41(53)55-5)39(51)49-21-7-9-33(49)37-43-23-31(45-37)29-17-13-27(14-18-29)11-12-28-15-19-30(20-16-28)32-24-44-38(46-32)34-10-8-22-50(34)40(52)36(26(3)4)48-42(54)56-6/h13-20,23-24,26,33-36H,1,7-10,21-22H2,2-6H3,(H,43,45)(H,44,46)(H,47,53)(H,48,54)/t33-,34-,35-,36-/m0/s1. The summed E-state index contributed by atoms with van der Waals surface area (Å²) in [4.78, 5) is 70.3. The number of benzene rings is 2. The molecule has 0 unspecified atom stereocenters. The minimum absolute atomic E-state index is 0.108. The lowest BCUT2D eigenvalue weighted by Gasteiger charge is -2.30. The Labute approximate surface area is 326 Å². The number of imidazole rings is 2. The Bertz CT molecular complexity index is 2130. The minimum atomic E-state index is -0.884. The summed E-state index contributed by atoms with van der Waals surface area (Å²) in [6, 6.07) is 13.7. The lowest BCUT2D eigenvalue weighted by molar-refractivity contribution is -0.135. The highest BCUT2D eigenvalue weighted by Gasteiger charge is 2.38. The second-order valence-corrected chi connectivity index (χ2v) is 14.4. The molecule has 0 bridgehead atoms. The fraction of sp³-hybridized carbons (Fsp3) is 0.381. The average Bonchev–Trinajstić information content (AvgIpc) is 4.04. The van der Waals surface area contributed by atoms with E-state index in [4.69, 9.17) is 9.47 Å². The van der Waals surface area contributed by atoms with Gasteiger partial charge in [-0.1, -0.05) is 56.5 Å². The number of nitrogens with zero attached hydrogens (tertiary/aromatic N) is 4. The predicted molar refractivity (Wildman–Crippen MR) is 210 cm³/mol. The van der Waals surface area contributed by atoms with Crippen LogP contribution in [-0.4, -0.2) is 93.1 Å². The van der Waals surface area contributed by atoms with E-state index >= 15 is 0 Å². The van der Waals surface area contributed by atoms with Gasteiger partial charge in [0.25, 0.3) is 0 Å². The molecule has 2 saturated heterocycles. The number of aromatic amines is 2. The highest BCUT2D eigenvalue weighted by molar-refractivity contribution is 5.89. The van der Waals surface area contributed by atoms with Crippen molar-refractivity contribution >= 4 is 24.0 Å². The Morgan fingerprint density at radius 1 is 0.750 bits per heavy atom. The Morgan fingerprint density at radius 3 is 1.62 bits per heavy atom. The average molecular weight is 761 g/mol. The summed E-state index contributed by atoms with van der Waals surface area (Å²) in [5.74, 6) is 7.37. The third-order valence-electron chi connectivity index (χ3n) is 10.2. The van der Waals surface area contributed by atoms with Gasteiger partial charge < -0.3 is 39.9 Å². The lowest BCUT2D eigenvalue weighted by atomic mass is 10.0. The van der Waals surface area contributed by atoms with Crippen LogP contribution in [0.25, 0.3) is 22.5 Å². The van der Waals surface area contributed by atoms with E-state index < -0.39 is 24.3 Å². The number of carbonyl (C=O) groups excluding carboxylic acids is 4. The van der Waals surface area contributed by atoms with E-state index in [1.165, 1.54) is 14.2 Å². The van der Waals surface area contributed by atoms with Gasteiger partial charge in [-0.15, -0.1) is 0 Å². The van der Waals surface area contributed by atoms with Gasteiger partial charge in [0.1, 0.15) is 23.7 Å². The van der Waals surface area contributed by atoms with Gasteiger partial charge in [0.05, 0.1) is 50.1 Å². The van der Waals surface area contributed by atoms with Crippen LogP contribution < -0.4 is 10.6 Å². The fourth-order valence-corrected chi connectivity index (χ4v) is 7.16. The first-order valence-corrected chi connectivity index (χ1v) is 18.7. The summed E-state index contributed by atoms with van der Waals surface area (Å²) >= 11 is 0. The third kappa shape index (κ3) is 8.78. The maximum atomic E-state index is 13.5. The van der Waals surface area contributed by atoms with Gasteiger partial charge in [0.2, 0.25) is 11.8 Å². The van der Waals surface area contributed by atoms with Crippen molar-refractivity contribution in [3.8, 4) is 34.4 Å². The number of hydrogen-bond donors (Lipinski definition) is 4. The first-order chi connectivity index (χ1) is 27.0. The normalized spacial score (nSPS) is 17.5. The van der Waals surface area contributed by atoms with E-state index in [0.717, 1.165) is 59.3 Å². The number of likely N-dealkylation sites (tertiary alicyclic amines) is 2. The van der Waals surface area contributed by atoms with Crippen LogP contribution in [0.2, 0.25) is 0 Å². The number of carbonyl (C=O) groups is 4. The smallest absolute Gasteiger partial charge is 0.407 e. The highest BCUT2D eigenvalue weighted by atomic mass is 16.5. The first-order valence-electron chi connectivity index (χ1n) is 18.7. The molecular formula is C42H48N8O6. The fourth-order valence-electron chi connectivity index (χ4n) is 7.16. The molecule has 2 aliphatic heterocycles. The van der Waals surface area contributed by atoms with Crippen molar-refractivity contribution in [3.05, 3.63) is 95.9 Å². The molecule has 14 heteroatoms. The van der Waals surface area contributed by atoms with Crippen molar-refractivity contribution in [3.63, 3.8) is 0 Å². The number of amides is 4. The molecule has 2 aromatic heterocycles. The van der Waals surface area contributed by atoms with Crippen molar-refractivity contribution in [2.45, 2.75) is 70.6 Å². The molecule has 4 atom stereocenters. The molecule has 6 rings (SSSR count). The SMILES string of the molecule is C=C(C)[C@H](NC(=O)OC)C(=O)N1CCC[C@H]1c1ncc(-c2ccc(C#Cc3ccc(-c4cnc([C@@H]5CCCN5C(=O)[C@@H](NC(=O)OC)C(C)C)[nH]4)cc3)cc2)[nH]1. The highest BCUT2D eigenvalue weighted by Crippen LogP contribution is 2.34. The molecule has 2 aromatic carbocycles. The number of methoxy groups -OCH3 is 2. The molecule has 56 heavy (non-hydrogen) atoms. The van der Waals surface area contributed by atoms with E-state index in [1.807, 2.05) is 62.4 Å². The van der Waals surface area contributed by atoms with Crippen LogP contribution in [0, 0.1) is 17.8 Å². The lowest BCUT2D eigenvalue weighted by Crippen LogP contribution is -2.51. The summed E-state index contributed by atoms with van der Waals surface area (Å²) in [5, 5.41) is 5.27. The van der Waals surface area contributed by atoms with Crippen LogP contribution >= 0.6 is 0 Å². The van der Waals surface area contributed by atoms with Crippen molar-refractivity contribution in [2.75, 3.05) is 27.3 Å². The Morgan fingerprint density at radius 2 is 1.20 bits per heavy atom. The van der Waals surface area contributed by atoms with Gasteiger partial charge in [-0.3, -0.25) is 9.59 Å². The molecule has 0 aliphatic carbocycles. The van der Waals surface area contributed by atoms with Gasteiger partial charge in [0, 0.05) is 24.2 Å². The van der Waals surface area contributed by atoms with Crippen molar-refractivity contribution in [1.29, 1.82) is 0 Å². The zero-order chi connectivity index (χ0) is 39.9. The minimum Gasteiger partial charge on any atom is -0.453 e. The van der Waals surface area contributed by atoms with E-state index in [0.29, 0.717) is 30.3 Å². The molecule has 292 valence electrons. The van der Waals surface area contributed by atoms with E-state index in [1.54, 1.807) is 29.1 Å². The first kappa shape index (κ1) is 39.3. The number of ether oxygens (including phenoxy) is 2. The molecule has 4 N–H and O–H groups in total. The summed E-state index contributed by atoms with van der Waals surface area (Å²) in [7, 11) is 2.54. The van der Waals surface area contributed by atoms with Crippen LogP contribution in [0.4, 0.5) is 9.59 Å². The molecule has 4 heterocycles. The Kier molecular flexibility index (Phi) is 12.2. The molecule has 4 amide bonds. The van der Waals surface area contributed by atoms with E-state index in [2.05, 4.69) is 49.0 Å². The maximum absolute atomic E-state index is 13.5. The van der Waals surface area contributed by atoms with Gasteiger partial charge in [0.15, 0.2) is 0 Å². The number of nitrogens with one attached hydrogen (secondary N) is 4. The second kappa shape index (κ2) is 17.4. The summed E-state index contributed by atoms with van der Waals surface area (Å²) in [6.07, 6.45) is 5.40. The van der Waals surface area contributed by atoms with Crippen molar-refractivity contribution in [1.82, 2.24) is 40.4 Å². The van der Waals surface area contributed by atoms with E-state index in [9.17, 15) is 19.2 Å². The molecule has 4 aromatic rings. The second-order valence-electron chi connectivity index (χ2n) is 14.4. The van der Waals surface area contributed by atoms with E-state index in [-0.39, 0.29) is 29.8 Å². The summed E-state index contributed by atoms with van der Waals surface area (Å²) in [6.45, 7) is 10.5. The molecule has 2 aliphatic rings. The third-order valence-corrected chi connectivity index (χ3v) is 10.2. The van der Waals surface area contributed by atoms with Crippen LogP contribution in [-0.2, 0) is 19.1 Å². The van der Waals surface area contributed by atoms with Gasteiger partial charge in [-0.25, -0.2) is 19.6 Å². The predicted octanol–water partition coefficient (Wildman–Crippen LogP) is 5.87. The van der Waals surface area contributed by atoms with Crippen LogP contribution in [0.1, 0.15) is 81.3 Å². The number of alkyl carbamates (subject to hydrolysis) is 2. The van der Waals surface area contributed by atoms with Gasteiger partial charge in [-0.05, 0) is 79.5 Å². The number of hydrogen-bond acceptors (Lipinski definition) is 8. The molecule has 0 saturated carbocycles. The summed E-state index contributed by atoms with van der Waals surface area (Å²) < 4.78 is 9.45. The molecule has 14 nitrogen and oxygen atoms in total.